The van der Waals surface area contributed by atoms with E-state index in [1.165, 1.54) is 10.6 Å². The first kappa shape index (κ1) is 18.1. The van der Waals surface area contributed by atoms with E-state index in [0.29, 0.717) is 5.70 Å². The molecule has 4 rings (SSSR count). The molecule has 0 spiro atoms. The SMILES string of the molecule is [C-]#[N+]C1=CC=CCC1=[N+](c1ccccc1)P(c1ccccc1)c1ccccc1. The molecule has 0 unspecified atom stereocenters. The molecule has 0 bridgehead atoms. The number of para-hydroxylation sites is 1. The molecule has 0 radical (unpaired) electrons. The van der Waals surface area contributed by atoms with E-state index in [0.717, 1.165) is 17.8 Å². The maximum Gasteiger partial charge on any atom is 0.252 e. The van der Waals surface area contributed by atoms with Crippen LogP contribution < -0.4 is 10.6 Å². The number of allylic oxidation sites excluding steroid dienone is 4. The minimum atomic E-state index is -0.868. The summed E-state index contributed by atoms with van der Waals surface area (Å²) in [4.78, 5) is 3.84. The van der Waals surface area contributed by atoms with E-state index < -0.39 is 8.07 Å². The van der Waals surface area contributed by atoms with Gasteiger partial charge in [-0.05, 0) is 24.3 Å². The van der Waals surface area contributed by atoms with Crippen LogP contribution in [0.3, 0.4) is 0 Å². The highest BCUT2D eigenvalue weighted by atomic mass is 31.1. The molecule has 0 N–H and O–H groups in total. The molecule has 3 aromatic rings. The number of hydrogen-bond acceptors (Lipinski definition) is 0. The van der Waals surface area contributed by atoms with Crippen LogP contribution in [-0.4, -0.2) is 10.1 Å². The third-order valence-electron chi connectivity index (χ3n) is 4.58. The van der Waals surface area contributed by atoms with Crippen molar-refractivity contribution in [2.24, 2.45) is 0 Å². The standard InChI is InChI=1S/C25H20N2P/c1-26-24-19-11-12-20-25(24)27(21-13-5-2-6-14-21)28(22-15-7-3-8-16-22)23-17-9-4-10-18-23/h2-19H,20H2/q+1. The van der Waals surface area contributed by atoms with E-state index in [1.807, 2.05) is 18.2 Å². The van der Waals surface area contributed by atoms with Gasteiger partial charge in [0.25, 0.3) is 13.8 Å². The summed E-state index contributed by atoms with van der Waals surface area (Å²) in [5.74, 6) is 0. The molecule has 0 amide bonds. The minimum absolute atomic E-state index is 0.714. The van der Waals surface area contributed by atoms with Crippen LogP contribution in [0.25, 0.3) is 4.85 Å². The molecule has 3 aromatic carbocycles. The second kappa shape index (κ2) is 8.61. The molecule has 0 heterocycles. The lowest BCUT2D eigenvalue weighted by Gasteiger charge is -2.19. The lowest BCUT2D eigenvalue weighted by Crippen LogP contribution is -2.25. The normalized spacial score (nSPS) is 15.1. The summed E-state index contributed by atoms with van der Waals surface area (Å²) in [6, 6.07) is 31.6. The second-order valence-corrected chi connectivity index (χ2v) is 8.43. The summed E-state index contributed by atoms with van der Waals surface area (Å²) in [5.41, 5.74) is 2.88. The molecule has 0 aromatic heterocycles. The summed E-state index contributed by atoms with van der Waals surface area (Å²) < 4.78 is 2.38. The maximum atomic E-state index is 7.72. The van der Waals surface area contributed by atoms with Crippen molar-refractivity contribution >= 4 is 30.1 Å². The lowest BCUT2D eigenvalue weighted by atomic mass is 10.1. The van der Waals surface area contributed by atoms with Crippen LogP contribution >= 0.6 is 8.07 Å². The van der Waals surface area contributed by atoms with Crippen molar-refractivity contribution in [1.82, 2.24) is 0 Å². The lowest BCUT2D eigenvalue weighted by molar-refractivity contribution is -0.254. The summed E-state index contributed by atoms with van der Waals surface area (Å²) in [6.45, 7) is 7.72. The Hall–Kier alpha value is -3.27. The highest BCUT2D eigenvalue weighted by Crippen LogP contribution is 2.42. The largest absolute Gasteiger partial charge is 0.252 e. The van der Waals surface area contributed by atoms with Gasteiger partial charge in [0, 0.05) is 29.2 Å². The predicted octanol–water partition coefficient (Wildman–Crippen LogP) is 5.58. The minimum Gasteiger partial charge on any atom is -0.232 e. The monoisotopic (exact) mass is 379 g/mol. The molecule has 0 saturated heterocycles. The van der Waals surface area contributed by atoms with Gasteiger partial charge in [-0.25, -0.2) is 4.85 Å². The van der Waals surface area contributed by atoms with Crippen LogP contribution in [0.15, 0.2) is 115 Å². The molecule has 0 fully saturated rings. The van der Waals surface area contributed by atoms with Crippen LogP contribution in [0.2, 0.25) is 0 Å². The molecule has 0 aliphatic heterocycles. The molecular formula is C25H20N2P+. The summed E-state index contributed by atoms with van der Waals surface area (Å²) in [5, 5.41) is 2.53. The summed E-state index contributed by atoms with van der Waals surface area (Å²) >= 11 is 0. The fourth-order valence-electron chi connectivity index (χ4n) is 3.32. The van der Waals surface area contributed by atoms with Crippen molar-refractivity contribution in [3.8, 4) is 0 Å². The fourth-order valence-corrected chi connectivity index (χ4v) is 5.77. The van der Waals surface area contributed by atoms with Crippen molar-refractivity contribution in [3.05, 3.63) is 126 Å². The third kappa shape index (κ3) is 3.72. The molecule has 3 heteroatoms. The van der Waals surface area contributed by atoms with E-state index in [-0.39, 0.29) is 0 Å². The van der Waals surface area contributed by atoms with E-state index >= 15 is 0 Å². The summed E-state index contributed by atoms with van der Waals surface area (Å²) in [7, 11) is -0.868. The van der Waals surface area contributed by atoms with Crippen molar-refractivity contribution < 1.29 is 4.35 Å². The van der Waals surface area contributed by atoms with E-state index in [2.05, 4.69) is 100 Å². The maximum absolute atomic E-state index is 7.72. The Morgan fingerprint density at radius 1 is 0.750 bits per heavy atom. The highest BCUT2D eigenvalue weighted by Gasteiger charge is 2.34. The molecule has 28 heavy (non-hydrogen) atoms. The van der Waals surface area contributed by atoms with E-state index in [1.54, 1.807) is 0 Å². The van der Waals surface area contributed by atoms with Gasteiger partial charge >= 0.3 is 0 Å². The molecule has 0 saturated carbocycles. The zero-order chi connectivity index (χ0) is 19.2. The van der Waals surface area contributed by atoms with Crippen molar-refractivity contribution in [2.75, 3.05) is 0 Å². The Labute approximate surface area is 167 Å². The Bertz CT molecular complexity index is 1040. The molecule has 0 atom stereocenters. The Kier molecular flexibility index (Phi) is 5.57. The first-order valence-corrected chi connectivity index (χ1v) is 10.5. The molecule has 134 valence electrons. The first-order valence-electron chi connectivity index (χ1n) is 9.24. The van der Waals surface area contributed by atoms with E-state index in [4.69, 9.17) is 6.57 Å². The van der Waals surface area contributed by atoms with Crippen LogP contribution in [0.5, 0.6) is 0 Å². The third-order valence-corrected chi connectivity index (χ3v) is 7.02. The summed E-state index contributed by atoms with van der Waals surface area (Å²) in [6.07, 6.45) is 6.78. The van der Waals surface area contributed by atoms with Crippen molar-refractivity contribution in [3.63, 3.8) is 0 Å². The van der Waals surface area contributed by atoms with Crippen LogP contribution in [-0.2, 0) is 0 Å². The highest BCUT2D eigenvalue weighted by molar-refractivity contribution is 7.67. The molecule has 1 aliphatic carbocycles. The predicted molar refractivity (Wildman–Crippen MR) is 119 cm³/mol. The smallest absolute Gasteiger partial charge is 0.232 e. The van der Waals surface area contributed by atoms with Gasteiger partial charge in [-0.15, -0.1) is 0 Å². The van der Waals surface area contributed by atoms with Gasteiger partial charge in [-0.2, -0.15) is 4.35 Å². The molecule has 2 nitrogen and oxygen atoms in total. The number of nitrogens with zero attached hydrogens (tertiary/aromatic N) is 2. The molecule has 1 aliphatic rings. The Balaban J connectivity index is 2.02. The quantitative estimate of drug-likeness (QED) is 0.413. The molecular weight excluding hydrogens is 359 g/mol. The van der Waals surface area contributed by atoms with Gasteiger partial charge in [-0.3, -0.25) is 0 Å². The van der Waals surface area contributed by atoms with Crippen LogP contribution in [0, 0.1) is 6.57 Å². The fraction of sp³-hybridized carbons (Fsp3) is 0.0400. The number of hydrogen-bond donors (Lipinski definition) is 0. The van der Waals surface area contributed by atoms with Gasteiger partial charge in [0.05, 0.1) is 6.57 Å². The van der Waals surface area contributed by atoms with Gasteiger partial charge in [0.2, 0.25) is 5.69 Å². The van der Waals surface area contributed by atoms with Gasteiger partial charge in [0.1, 0.15) is 0 Å². The Morgan fingerprint density at radius 2 is 1.29 bits per heavy atom. The van der Waals surface area contributed by atoms with Crippen molar-refractivity contribution in [1.29, 1.82) is 0 Å². The van der Waals surface area contributed by atoms with Gasteiger partial charge in [0.15, 0.2) is 5.71 Å². The van der Waals surface area contributed by atoms with Crippen molar-refractivity contribution in [2.45, 2.75) is 6.42 Å². The second-order valence-electron chi connectivity index (χ2n) is 6.37. The number of rotatable bonds is 4. The van der Waals surface area contributed by atoms with E-state index in [9.17, 15) is 0 Å². The number of benzene rings is 3. The van der Waals surface area contributed by atoms with Crippen LogP contribution in [0.1, 0.15) is 6.42 Å². The van der Waals surface area contributed by atoms with Gasteiger partial charge < -0.3 is 0 Å². The Morgan fingerprint density at radius 3 is 1.82 bits per heavy atom. The van der Waals surface area contributed by atoms with Gasteiger partial charge in [-0.1, -0.05) is 72.8 Å². The topological polar surface area (TPSA) is 7.37 Å². The van der Waals surface area contributed by atoms with Crippen LogP contribution in [0.4, 0.5) is 5.69 Å². The first-order chi connectivity index (χ1) is 13.9. The zero-order valence-electron chi connectivity index (χ0n) is 15.4. The zero-order valence-corrected chi connectivity index (χ0v) is 16.3. The average Bonchev–Trinajstić information content (AvgIpc) is 2.79. The average molecular weight is 379 g/mol.